The van der Waals surface area contributed by atoms with Gasteiger partial charge in [0.2, 0.25) is 0 Å². The van der Waals surface area contributed by atoms with E-state index in [1.54, 1.807) is 16.8 Å². The van der Waals surface area contributed by atoms with Gasteiger partial charge < -0.3 is 15.3 Å². The van der Waals surface area contributed by atoms with Crippen molar-refractivity contribution in [2.45, 2.75) is 18.5 Å². The predicted octanol–water partition coefficient (Wildman–Crippen LogP) is 5.24. The number of anilines is 1. The van der Waals surface area contributed by atoms with Crippen LogP contribution in [0, 0.1) is 9.52 Å². The third-order valence-electron chi connectivity index (χ3n) is 5.74. The molecule has 1 aliphatic rings. The Morgan fingerprint density at radius 2 is 2.03 bits per heavy atom. The smallest absolute Gasteiger partial charge is 0.255 e. The van der Waals surface area contributed by atoms with Gasteiger partial charge in [0.25, 0.3) is 5.91 Å². The maximum Gasteiger partial charge on any atom is 0.255 e. The van der Waals surface area contributed by atoms with Gasteiger partial charge in [-0.15, -0.1) is 5.10 Å². The molecule has 34 heavy (non-hydrogen) atoms. The van der Waals surface area contributed by atoms with Crippen LogP contribution in [-0.4, -0.2) is 38.2 Å². The van der Waals surface area contributed by atoms with Crippen LogP contribution in [-0.2, 0) is 0 Å². The highest BCUT2D eigenvalue weighted by molar-refractivity contribution is 14.1. The van der Waals surface area contributed by atoms with E-state index in [4.69, 9.17) is 28.3 Å². The number of hydrogen-bond acceptors (Lipinski definition) is 5. The van der Waals surface area contributed by atoms with E-state index in [-0.39, 0.29) is 39.3 Å². The molecular weight excluding hydrogens is 595 g/mol. The number of hydrogen-bond donors (Lipinski definition) is 2. The Morgan fingerprint density at radius 1 is 1.21 bits per heavy atom. The summed E-state index contributed by atoms with van der Waals surface area (Å²) in [6.45, 7) is 0.422. The van der Waals surface area contributed by atoms with Gasteiger partial charge in [-0.05, 0) is 71.0 Å². The molecule has 4 aromatic rings. The van der Waals surface area contributed by atoms with E-state index in [0.29, 0.717) is 24.4 Å². The van der Waals surface area contributed by atoms with E-state index in [1.807, 2.05) is 23.1 Å². The van der Waals surface area contributed by atoms with E-state index < -0.39 is 5.91 Å². The molecule has 5 rings (SSSR count). The molecule has 0 radical (unpaired) electrons. The molecule has 0 spiro atoms. The largest absolute Gasteiger partial charge is 0.506 e. The van der Waals surface area contributed by atoms with Gasteiger partial charge in [-0.1, -0.05) is 35.3 Å². The fraction of sp³-hybridized carbons (Fsp3) is 0.174. The minimum absolute atomic E-state index is 0.00391. The van der Waals surface area contributed by atoms with Crippen LogP contribution in [0.3, 0.4) is 0 Å². The molecule has 2 aromatic heterocycles. The highest BCUT2D eigenvalue weighted by atomic mass is 127. The Labute approximate surface area is 217 Å². The third-order valence-corrected chi connectivity index (χ3v) is 6.99. The monoisotopic (exact) mass is 611 g/mol. The minimum Gasteiger partial charge on any atom is -0.506 e. The fourth-order valence-corrected chi connectivity index (χ4v) is 5.20. The normalized spacial score (nSPS) is 17.9. The number of nitrogens with one attached hydrogen (secondary N) is 1. The second-order valence-electron chi connectivity index (χ2n) is 7.96. The lowest BCUT2D eigenvalue weighted by molar-refractivity contribution is 0.0937. The fourth-order valence-electron chi connectivity index (χ4n) is 4.21. The molecule has 2 N–H and O–H groups in total. The maximum atomic E-state index is 14.0. The first-order valence-electron chi connectivity index (χ1n) is 10.3. The zero-order chi connectivity index (χ0) is 24.0. The SMILES string of the molecule is O=C(N[C@H]1C[C@H](c2cccc(F)c2)N(c2ccc3ncc(I)n3n2)C1)c1cc(Cl)cc(Cl)c1O. The predicted molar refractivity (Wildman–Crippen MR) is 136 cm³/mol. The number of rotatable bonds is 4. The second kappa shape index (κ2) is 9.20. The van der Waals surface area contributed by atoms with E-state index in [2.05, 4.69) is 32.9 Å². The molecule has 0 unspecified atom stereocenters. The van der Waals surface area contributed by atoms with Crippen LogP contribution in [0.5, 0.6) is 5.75 Å². The summed E-state index contributed by atoms with van der Waals surface area (Å²) in [6.07, 6.45) is 2.23. The van der Waals surface area contributed by atoms with Crippen molar-refractivity contribution in [2.24, 2.45) is 0 Å². The van der Waals surface area contributed by atoms with Crippen LogP contribution >= 0.6 is 45.8 Å². The number of halogens is 4. The van der Waals surface area contributed by atoms with Gasteiger partial charge in [0.1, 0.15) is 21.1 Å². The van der Waals surface area contributed by atoms with Crippen molar-refractivity contribution in [1.29, 1.82) is 0 Å². The Hall–Kier alpha value is -2.63. The molecule has 3 heterocycles. The van der Waals surface area contributed by atoms with Crippen molar-refractivity contribution in [3.63, 3.8) is 0 Å². The van der Waals surface area contributed by atoms with Crippen molar-refractivity contribution in [3.8, 4) is 5.75 Å². The van der Waals surface area contributed by atoms with Gasteiger partial charge in [0.15, 0.2) is 5.65 Å². The number of amides is 1. The lowest BCUT2D eigenvalue weighted by Crippen LogP contribution is -2.37. The van der Waals surface area contributed by atoms with E-state index >= 15 is 0 Å². The van der Waals surface area contributed by atoms with E-state index in [9.17, 15) is 14.3 Å². The number of carbonyl (C=O) groups excluding carboxylic acids is 1. The summed E-state index contributed by atoms with van der Waals surface area (Å²) in [5.74, 6) is -0.500. The molecule has 2 atom stereocenters. The second-order valence-corrected chi connectivity index (χ2v) is 9.90. The number of aromatic nitrogens is 3. The Morgan fingerprint density at radius 3 is 2.82 bits per heavy atom. The van der Waals surface area contributed by atoms with Gasteiger partial charge in [0.05, 0.1) is 22.8 Å². The lowest BCUT2D eigenvalue weighted by atomic mass is 10.0. The van der Waals surface area contributed by atoms with Crippen LogP contribution in [0.15, 0.2) is 54.7 Å². The number of carbonyl (C=O) groups is 1. The maximum absolute atomic E-state index is 14.0. The lowest BCUT2D eigenvalue weighted by Gasteiger charge is -2.25. The highest BCUT2D eigenvalue weighted by Gasteiger charge is 2.36. The Kier molecular flexibility index (Phi) is 6.26. The van der Waals surface area contributed by atoms with Crippen LogP contribution in [0.4, 0.5) is 10.2 Å². The first-order valence-corrected chi connectivity index (χ1v) is 12.1. The molecule has 1 saturated heterocycles. The summed E-state index contributed by atoms with van der Waals surface area (Å²) in [7, 11) is 0. The molecule has 11 heteroatoms. The minimum atomic E-state index is -0.501. The third kappa shape index (κ3) is 4.39. The first-order chi connectivity index (χ1) is 16.3. The number of nitrogens with zero attached hydrogens (tertiary/aromatic N) is 4. The van der Waals surface area contributed by atoms with Gasteiger partial charge >= 0.3 is 0 Å². The number of benzene rings is 2. The molecule has 0 saturated carbocycles. The summed E-state index contributed by atoms with van der Waals surface area (Å²) >= 11 is 14.2. The molecule has 0 aliphatic carbocycles. The number of phenolic OH excluding ortho intramolecular Hbond substituents is 1. The molecule has 1 aliphatic heterocycles. The molecule has 174 valence electrons. The standard InChI is InChI=1S/C23H17Cl2FIN5O2/c24-13-7-16(22(33)17(25)8-13)23(34)29-15-9-18(12-2-1-3-14(26)6-12)31(11-15)21-5-4-20-28-10-19(27)32(20)30-21/h1-8,10,15,18,33H,9,11H2,(H,29,34)/t15-,18+/m0/s1. The molecule has 2 aromatic carbocycles. The quantitative estimate of drug-likeness (QED) is 0.309. The summed E-state index contributed by atoms with van der Waals surface area (Å²) in [4.78, 5) is 19.3. The topological polar surface area (TPSA) is 82.8 Å². The van der Waals surface area contributed by atoms with Crippen LogP contribution in [0.25, 0.3) is 5.65 Å². The summed E-state index contributed by atoms with van der Waals surface area (Å²) in [5.41, 5.74) is 1.48. The van der Waals surface area contributed by atoms with Gasteiger partial charge in [-0.25, -0.2) is 13.9 Å². The summed E-state index contributed by atoms with van der Waals surface area (Å²) in [5, 5.41) is 18.1. The van der Waals surface area contributed by atoms with E-state index in [0.717, 1.165) is 9.26 Å². The average molecular weight is 612 g/mol. The highest BCUT2D eigenvalue weighted by Crippen LogP contribution is 2.37. The Bertz CT molecular complexity index is 1420. The van der Waals surface area contributed by atoms with Crippen molar-refractivity contribution in [2.75, 3.05) is 11.4 Å². The first kappa shape index (κ1) is 23.1. The van der Waals surface area contributed by atoms with E-state index in [1.165, 1.54) is 24.3 Å². The molecular formula is C23H17Cl2FIN5O2. The molecule has 1 amide bonds. The molecule has 0 bridgehead atoms. The van der Waals surface area contributed by atoms with Crippen molar-refractivity contribution >= 4 is 63.2 Å². The summed E-state index contributed by atoms with van der Waals surface area (Å²) in [6, 6.07) is 12.3. The van der Waals surface area contributed by atoms with Gasteiger partial charge in [-0.2, -0.15) is 0 Å². The number of aromatic hydroxyl groups is 1. The number of phenols is 1. The van der Waals surface area contributed by atoms with Crippen molar-refractivity contribution in [3.05, 3.63) is 85.4 Å². The average Bonchev–Trinajstić information content (AvgIpc) is 3.39. The zero-order valence-corrected chi connectivity index (χ0v) is 21.1. The van der Waals surface area contributed by atoms with Crippen molar-refractivity contribution in [1.82, 2.24) is 19.9 Å². The number of fused-ring (bicyclic) bond motifs is 1. The molecule has 7 nitrogen and oxygen atoms in total. The van der Waals surface area contributed by atoms with Crippen LogP contribution in [0.1, 0.15) is 28.4 Å². The van der Waals surface area contributed by atoms with Crippen molar-refractivity contribution < 1.29 is 14.3 Å². The summed E-state index contributed by atoms with van der Waals surface area (Å²) < 4.78 is 16.6. The zero-order valence-electron chi connectivity index (χ0n) is 17.4. The molecule has 1 fully saturated rings. The van der Waals surface area contributed by atoms with Crippen LogP contribution < -0.4 is 10.2 Å². The van der Waals surface area contributed by atoms with Gasteiger partial charge in [0, 0.05) is 17.6 Å². The Balaban J connectivity index is 1.47. The van der Waals surface area contributed by atoms with Gasteiger partial charge in [-0.3, -0.25) is 4.79 Å². The van der Waals surface area contributed by atoms with Crippen LogP contribution in [0.2, 0.25) is 10.0 Å². The number of imidazole rings is 1.